The SMILES string of the molecule is CCOC(=O)[C@]1(C#N)[C@@H](c2ccc(C)cc2)C[C@@](O)(c2cccc(Br)c2)[C@H](C(=O)c2cccc(Br)c2)[C@H]1c1ccc(C)cc1. The summed E-state index contributed by atoms with van der Waals surface area (Å²) in [4.78, 5) is 29.3. The fourth-order valence-electron chi connectivity index (χ4n) is 6.72. The molecule has 5 nitrogen and oxygen atoms in total. The van der Waals surface area contributed by atoms with Gasteiger partial charge in [0.2, 0.25) is 0 Å². The van der Waals surface area contributed by atoms with Gasteiger partial charge in [-0.2, -0.15) is 5.26 Å². The molecule has 7 heteroatoms. The number of benzene rings is 4. The van der Waals surface area contributed by atoms with Gasteiger partial charge in [0.15, 0.2) is 11.2 Å². The number of rotatable bonds is 7. The van der Waals surface area contributed by atoms with Gasteiger partial charge in [0, 0.05) is 26.3 Å². The van der Waals surface area contributed by atoms with Gasteiger partial charge in [-0.1, -0.05) is 116 Å². The summed E-state index contributed by atoms with van der Waals surface area (Å²) in [5, 5.41) is 24.4. The van der Waals surface area contributed by atoms with Crippen molar-refractivity contribution in [3.05, 3.63) is 139 Å². The molecule has 0 radical (unpaired) electrons. The normalized spacial score (nSPS) is 24.7. The number of hydrogen-bond donors (Lipinski definition) is 1. The van der Waals surface area contributed by atoms with Crippen molar-refractivity contribution in [2.24, 2.45) is 11.3 Å². The van der Waals surface area contributed by atoms with E-state index in [0.29, 0.717) is 26.7 Å². The molecule has 5 rings (SSSR count). The second-order valence-corrected chi connectivity index (χ2v) is 13.4. The molecule has 4 aromatic rings. The molecule has 1 fully saturated rings. The third kappa shape index (κ3) is 5.67. The van der Waals surface area contributed by atoms with Gasteiger partial charge in [-0.3, -0.25) is 9.59 Å². The van der Waals surface area contributed by atoms with Crippen LogP contribution in [0.5, 0.6) is 0 Å². The van der Waals surface area contributed by atoms with E-state index in [2.05, 4.69) is 37.9 Å². The van der Waals surface area contributed by atoms with Crippen LogP contribution in [0.4, 0.5) is 0 Å². The minimum absolute atomic E-state index is 0.0592. The van der Waals surface area contributed by atoms with Gasteiger partial charge in [0.1, 0.15) is 5.60 Å². The summed E-state index contributed by atoms with van der Waals surface area (Å²) in [6.45, 7) is 5.68. The average Bonchev–Trinajstić information content (AvgIpc) is 3.01. The van der Waals surface area contributed by atoms with Gasteiger partial charge in [-0.15, -0.1) is 0 Å². The van der Waals surface area contributed by atoms with Crippen molar-refractivity contribution in [1.82, 2.24) is 0 Å². The Morgan fingerprint density at radius 1 is 0.886 bits per heavy atom. The molecule has 1 saturated carbocycles. The number of hydrogen-bond acceptors (Lipinski definition) is 5. The van der Waals surface area contributed by atoms with E-state index in [0.717, 1.165) is 15.6 Å². The third-order valence-corrected chi connectivity index (χ3v) is 9.82. The summed E-state index contributed by atoms with van der Waals surface area (Å²) in [5.74, 6) is -4.18. The molecule has 0 amide bonds. The molecular weight excluding hydrogens is 682 g/mol. The first-order chi connectivity index (χ1) is 21.0. The number of halogens is 2. The van der Waals surface area contributed by atoms with Gasteiger partial charge >= 0.3 is 5.97 Å². The zero-order valence-electron chi connectivity index (χ0n) is 24.8. The number of ketones is 1. The van der Waals surface area contributed by atoms with E-state index >= 15 is 0 Å². The van der Waals surface area contributed by atoms with Crippen molar-refractivity contribution < 1.29 is 19.4 Å². The second-order valence-electron chi connectivity index (χ2n) is 11.5. The topological polar surface area (TPSA) is 87.4 Å². The van der Waals surface area contributed by atoms with Gasteiger partial charge < -0.3 is 9.84 Å². The fraction of sp³-hybridized carbons (Fsp3) is 0.270. The van der Waals surface area contributed by atoms with Crippen LogP contribution in [-0.2, 0) is 15.1 Å². The lowest BCUT2D eigenvalue weighted by Gasteiger charge is -2.54. The predicted molar refractivity (Wildman–Crippen MR) is 177 cm³/mol. The molecule has 1 aliphatic carbocycles. The van der Waals surface area contributed by atoms with Gasteiger partial charge in [-0.05, 0) is 68.1 Å². The summed E-state index contributed by atoms with van der Waals surface area (Å²) < 4.78 is 7.14. The molecular formula is C37H33Br2NO4. The van der Waals surface area contributed by atoms with Crippen LogP contribution in [0.15, 0.2) is 106 Å². The monoisotopic (exact) mass is 713 g/mol. The number of ether oxygens (including phenoxy) is 1. The number of esters is 1. The first-order valence-electron chi connectivity index (χ1n) is 14.5. The molecule has 1 aliphatic rings. The minimum Gasteiger partial charge on any atom is -0.465 e. The Labute approximate surface area is 275 Å². The van der Waals surface area contributed by atoms with E-state index in [1.54, 1.807) is 31.2 Å². The van der Waals surface area contributed by atoms with Crippen LogP contribution < -0.4 is 0 Å². The molecule has 224 valence electrons. The van der Waals surface area contributed by atoms with Crippen LogP contribution in [-0.4, -0.2) is 23.5 Å². The molecule has 0 aromatic heterocycles. The highest BCUT2D eigenvalue weighted by Crippen LogP contribution is 2.64. The van der Waals surface area contributed by atoms with Crippen molar-refractivity contribution in [3.63, 3.8) is 0 Å². The van der Waals surface area contributed by atoms with Crippen molar-refractivity contribution >= 4 is 43.6 Å². The fourth-order valence-corrected chi connectivity index (χ4v) is 7.52. The Balaban J connectivity index is 1.91. The lowest BCUT2D eigenvalue weighted by atomic mass is 9.47. The molecule has 0 spiro atoms. The van der Waals surface area contributed by atoms with Crippen LogP contribution in [0.1, 0.15) is 63.4 Å². The number of aryl methyl sites for hydroxylation is 2. The Hall–Kier alpha value is -3.57. The smallest absolute Gasteiger partial charge is 0.327 e. The standard InChI is InChI=1S/C37H33Br2NO4/c1-4-44-35(42)36(22-40)31(25-15-11-23(2)12-16-25)21-37(43,28-8-6-10-30(39)20-28)33(32(36)26-17-13-24(3)14-18-26)34(41)27-7-5-9-29(38)19-27/h5-20,31-33,43H,4,21H2,1-3H3/t31-,32-,33+,36-,37-/m1/s1. The first-order valence-corrected chi connectivity index (χ1v) is 16.1. The zero-order valence-corrected chi connectivity index (χ0v) is 27.9. The van der Waals surface area contributed by atoms with Crippen LogP contribution in [0, 0.1) is 36.5 Å². The Morgan fingerprint density at radius 3 is 2.00 bits per heavy atom. The number of carbonyl (C=O) groups is 2. The maximum absolute atomic E-state index is 14.9. The lowest BCUT2D eigenvalue weighted by molar-refractivity contribution is -0.164. The molecule has 1 N–H and O–H groups in total. The van der Waals surface area contributed by atoms with Crippen LogP contribution in [0.2, 0.25) is 0 Å². The highest BCUT2D eigenvalue weighted by Gasteiger charge is 2.67. The number of Topliss-reactive ketones (excluding diaryl/α,β-unsaturated/α-hetero) is 1. The molecule has 44 heavy (non-hydrogen) atoms. The summed E-state index contributed by atoms with van der Waals surface area (Å²) in [6.07, 6.45) is -0.0638. The van der Waals surface area contributed by atoms with Crippen molar-refractivity contribution in [2.75, 3.05) is 6.61 Å². The van der Waals surface area contributed by atoms with Crippen molar-refractivity contribution in [3.8, 4) is 6.07 Å². The van der Waals surface area contributed by atoms with E-state index in [-0.39, 0.29) is 18.8 Å². The quantitative estimate of drug-likeness (QED) is 0.153. The van der Waals surface area contributed by atoms with E-state index in [1.165, 1.54) is 0 Å². The maximum atomic E-state index is 14.9. The van der Waals surface area contributed by atoms with Crippen LogP contribution in [0.25, 0.3) is 0 Å². The van der Waals surface area contributed by atoms with E-state index < -0.39 is 34.7 Å². The average molecular weight is 715 g/mol. The molecule has 0 unspecified atom stereocenters. The van der Waals surface area contributed by atoms with E-state index in [1.807, 2.05) is 86.6 Å². The number of nitriles is 1. The molecule has 5 atom stereocenters. The molecule has 0 saturated heterocycles. The van der Waals surface area contributed by atoms with Crippen molar-refractivity contribution in [1.29, 1.82) is 5.26 Å². The lowest BCUT2D eigenvalue weighted by Crippen LogP contribution is -2.59. The van der Waals surface area contributed by atoms with Crippen LogP contribution in [0.3, 0.4) is 0 Å². The Bertz CT molecular complexity index is 1730. The van der Waals surface area contributed by atoms with Crippen LogP contribution >= 0.6 is 31.9 Å². The third-order valence-electron chi connectivity index (χ3n) is 8.83. The van der Waals surface area contributed by atoms with Crippen molar-refractivity contribution in [2.45, 2.75) is 44.6 Å². The highest BCUT2D eigenvalue weighted by atomic mass is 79.9. The van der Waals surface area contributed by atoms with Gasteiger partial charge in [-0.25, -0.2) is 0 Å². The Morgan fingerprint density at radius 2 is 1.45 bits per heavy atom. The summed E-state index contributed by atoms with van der Waals surface area (Å²) in [5.41, 5.74) is 0.572. The number of nitrogens with zero attached hydrogens (tertiary/aromatic N) is 1. The van der Waals surface area contributed by atoms with Gasteiger partial charge in [0.25, 0.3) is 0 Å². The largest absolute Gasteiger partial charge is 0.465 e. The molecule has 0 heterocycles. The number of aliphatic hydroxyl groups is 1. The first kappa shape index (κ1) is 31.8. The van der Waals surface area contributed by atoms with E-state index in [4.69, 9.17) is 4.74 Å². The molecule has 0 bridgehead atoms. The van der Waals surface area contributed by atoms with Gasteiger partial charge in [0.05, 0.1) is 18.6 Å². The zero-order chi connectivity index (χ0) is 31.6. The Kier molecular flexibility index (Phi) is 9.27. The predicted octanol–water partition coefficient (Wildman–Crippen LogP) is 8.56. The number of carbonyl (C=O) groups excluding carboxylic acids is 2. The second kappa shape index (κ2) is 12.8. The summed E-state index contributed by atoms with van der Waals surface area (Å²) >= 11 is 7.04. The summed E-state index contributed by atoms with van der Waals surface area (Å²) in [7, 11) is 0. The van der Waals surface area contributed by atoms with E-state index in [9.17, 15) is 20.0 Å². The molecule has 0 aliphatic heterocycles. The minimum atomic E-state index is -1.84. The summed E-state index contributed by atoms with van der Waals surface area (Å²) in [6, 6.07) is 31.9. The highest BCUT2D eigenvalue weighted by molar-refractivity contribution is 9.10. The molecule has 4 aromatic carbocycles. The maximum Gasteiger partial charge on any atom is 0.327 e.